The number of para-hydroxylation sites is 1. The highest BCUT2D eigenvalue weighted by atomic mass is 32.2. The molecule has 2 aromatic carbocycles. The minimum Gasteiger partial charge on any atom is -0.496 e. The maximum absolute atomic E-state index is 13.3. The first kappa shape index (κ1) is 19.0. The summed E-state index contributed by atoms with van der Waals surface area (Å²) >= 11 is 0. The van der Waals surface area contributed by atoms with Crippen molar-refractivity contribution in [1.29, 1.82) is 0 Å². The Hall–Kier alpha value is -2.80. The molecule has 142 valence electrons. The Kier molecular flexibility index (Phi) is 5.23. The second kappa shape index (κ2) is 7.44. The van der Waals surface area contributed by atoms with E-state index in [1.54, 1.807) is 37.4 Å². The Labute approximate surface area is 159 Å². The van der Waals surface area contributed by atoms with Crippen molar-refractivity contribution in [3.05, 3.63) is 66.2 Å². The zero-order valence-electron chi connectivity index (χ0n) is 15.3. The van der Waals surface area contributed by atoms with Crippen molar-refractivity contribution in [2.75, 3.05) is 18.0 Å². The summed E-state index contributed by atoms with van der Waals surface area (Å²) in [6.07, 6.45) is 1.69. The maximum atomic E-state index is 13.3. The first-order valence-electron chi connectivity index (χ1n) is 8.57. The van der Waals surface area contributed by atoms with E-state index in [0.717, 1.165) is 11.1 Å². The van der Waals surface area contributed by atoms with Crippen molar-refractivity contribution in [1.82, 2.24) is 5.32 Å². The van der Waals surface area contributed by atoms with E-state index >= 15 is 0 Å². The zero-order valence-corrected chi connectivity index (χ0v) is 16.1. The topological polar surface area (TPSA) is 75.7 Å². The lowest BCUT2D eigenvalue weighted by atomic mass is 9.98. The lowest BCUT2D eigenvalue weighted by Crippen LogP contribution is -2.40. The van der Waals surface area contributed by atoms with Crippen LogP contribution in [0.2, 0.25) is 0 Å². The molecule has 3 rings (SSSR count). The quantitative estimate of drug-likeness (QED) is 0.802. The van der Waals surface area contributed by atoms with Crippen LogP contribution in [0.4, 0.5) is 5.69 Å². The van der Waals surface area contributed by atoms with Crippen LogP contribution in [0.1, 0.15) is 23.6 Å². The highest BCUT2D eigenvalue weighted by Crippen LogP contribution is 2.37. The predicted molar refractivity (Wildman–Crippen MR) is 104 cm³/mol. The number of fused-ring (bicyclic) bond motifs is 1. The summed E-state index contributed by atoms with van der Waals surface area (Å²) in [6.45, 7) is 5.55. The number of ether oxygens (including phenoxy) is 1. The van der Waals surface area contributed by atoms with Gasteiger partial charge in [-0.2, -0.15) is 0 Å². The van der Waals surface area contributed by atoms with Crippen molar-refractivity contribution < 1.29 is 17.9 Å². The molecule has 27 heavy (non-hydrogen) atoms. The maximum Gasteiger partial charge on any atom is 0.264 e. The van der Waals surface area contributed by atoms with Gasteiger partial charge in [0, 0.05) is 6.54 Å². The molecule has 0 aliphatic carbocycles. The van der Waals surface area contributed by atoms with Crippen LogP contribution in [0.25, 0.3) is 0 Å². The van der Waals surface area contributed by atoms with Gasteiger partial charge in [0.15, 0.2) is 0 Å². The fourth-order valence-electron chi connectivity index (χ4n) is 3.30. The van der Waals surface area contributed by atoms with Crippen molar-refractivity contribution in [3.8, 4) is 5.75 Å². The van der Waals surface area contributed by atoms with E-state index in [2.05, 4.69) is 11.9 Å². The summed E-state index contributed by atoms with van der Waals surface area (Å²) in [4.78, 5) is 11.9. The van der Waals surface area contributed by atoms with Crippen LogP contribution in [0.3, 0.4) is 0 Å². The van der Waals surface area contributed by atoms with Gasteiger partial charge in [-0.3, -0.25) is 9.10 Å². The number of carbonyl (C=O) groups is 1. The Morgan fingerprint density at radius 1 is 1.30 bits per heavy atom. The molecular weight excluding hydrogens is 364 g/mol. The highest BCUT2D eigenvalue weighted by Gasteiger charge is 2.33. The fraction of sp³-hybridized carbons (Fsp3) is 0.250. The molecule has 6 nitrogen and oxygen atoms in total. The first-order chi connectivity index (χ1) is 12.9. The van der Waals surface area contributed by atoms with E-state index in [1.807, 2.05) is 19.1 Å². The van der Waals surface area contributed by atoms with Gasteiger partial charge in [-0.05, 0) is 54.8 Å². The SMILES string of the molecule is C=CC(=O)NC1CCN(S(=O)(=O)c2ccc(OC)c(C)c2)c2ccccc21. The normalized spacial score (nSPS) is 16.4. The predicted octanol–water partition coefficient (Wildman–Crippen LogP) is 2.95. The van der Waals surface area contributed by atoms with Crippen LogP contribution in [0, 0.1) is 6.92 Å². The molecule has 1 aliphatic rings. The molecule has 1 atom stereocenters. The molecule has 1 aliphatic heterocycles. The molecule has 7 heteroatoms. The number of hydrogen-bond donors (Lipinski definition) is 1. The third kappa shape index (κ3) is 3.55. The van der Waals surface area contributed by atoms with Gasteiger partial charge in [0.2, 0.25) is 5.91 Å². The number of anilines is 1. The van der Waals surface area contributed by atoms with E-state index < -0.39 is 10.0 Å². The molecule has 0 saturated heterocycles. The number of carbonyl (C=O) groups excluding carboxylic acids is 1. The van der Waals surface area contributed by atoms with Crippen LogP contribution in [0.5, 0.6) is 5.75 Å². The van der Waals surface area contributed by atoms with Crippen molar-refractivity contribution in [2.45, 2.75) is 24.3 Å². The molecule has 0 fully saturated rings. The molecule has 1 N–H and O–H groups in total. The lowest BCUT2D eigenvalue weighted by molar-refractivity contribution is -0.117. The molecule has 0 aromatic heterocycles. The van der Waals surface area contributed by atoms with Crippen LogP contribution >= 0.6 is 0 Å². The third-order valence-electron chi connectivity index (χ3n) is 4.66. The molecule has 0 saturated carbocycles. The van der Waals surface area contributed by atoms with Gasteiger partial charge in [-0.15, -0.1) is 0 Å². The summed E-state index contributed by atoms with van der Waals surface area (Å²) in [7, 11) is -2.18. The molecule has 0 radical (unpaired) electrons. The van der Waals surface area contributed by atoms with E-state index in [0.29, 0.717) is 17.9 Å². The van der Waals surface area contributed by atoms with E-state index in [-0.39, 0.29) is 23.4 Å². The standard InChI is InChI=1S/C20H22N2O4S/c1-4-20(23)21-17-11-12-22(18-8-6-5-7-16(17)18)27(24,25)15-9-10-19(26-3)14(2)13-15/h4-10,13,17H,1,11-12H2,2-3H3,(H,21,23). The van der Waals surface area contributed by atoms with Crippen molar-refractivity contribution in [2.24, 2.45) is 0 Å². The second-order valence-corrected chi connectivity index (χ2v) is 8.18. The minimum absolute atomic E-state index is 0.212. The van der Waals surface area contributed by atoms with Gasteiger partial charge in [0.1, 0.15) is 5.75 Å². The molecular formula is C20H22N2O4S. The molecule has 0 spiro atoms. The molecule has 1 unspecified atom stereocenters. The average Bonchev–Trinajstić information content (AvgIpc) is 2.67. The largest absolute Gasteiger partial charge is 0.496 e. The number of rotatable bonds is 5. The van der Waals surface area contributed by atoms with Crippen LogP contribution in [0.15, 0.2) is 60.0 Å². The van der Waals surface area contributed by atoms with Crippen LogP contribution < -0.4 is 14.4 Å². The monoisotopic (exact) mass is 386 g/mol. The molecule has 1 heterocycles. The summed E-state index contributed by atoms with van der Waals surface area (Å²) in [6, 6.07) is 11.8. The molecule has 0 bridgehead atoms. The molecule has 1 amide bonds. The number of aryl methyl sites for hydroxylation is 1. The summed E-state index contributed by atoms with van der Waals surface area (Å²) in [5.74, 6) is 0.358. The second-order valence-electron chi connectivity index (χ2n) is 6.32. The Bertz CT molecular complexity index is 985. The van der Waals surface area contributed by atoms with Crippen molar-refractivity contribution >= 4 is 21.6 Å². The number of hydrogen-bond acceptors (Lipinski definition) is 4. The number of nitrogens with one attached hydrogen (secondary N) is 1. The summed E-state index contributed by atoms with van der Waals surface area (Å²) in [5, 5.41) is 2.87. The third-order valence-corrected chi connectivity index (χ3v) is 6.47. The van der Waals surface area contributed by atoms with Gasteiger partial charge in [-0.1, -0.05) is 24.8 Å². The van der Waals surface area contributed by atoms with Gasteiger partial charge in [0.25, 0.3) is 10.0 Å². The summed E-state index contributed by atoms with van der Waals surface area (Å²) < 4.78 is 33.2. The average molecular weight is 386 g/mol. The minimum atomic E-state index is -3.74. The van der Waals surface area contributed by atoms with Crippen LogP contribution in [-0.2, 0) is 14.8 Å². The van der Waals surface area contributed by atoms with Gasteiger partial charge in [0.05, 0.1) is 23.7 Å². The first-order valence-corrected chi connectivity index (χ1v) is 10.0. The molecule has 2 aromatic rings. The van der Waals surface area contributed by atoms with Crippen molar-refractivity contribution in [3.63, 3.8) is 0 Å². The smallest absolute Gasteiger partial charge is 0.264 e. The lowest BCUT2D eigenvalue weighted by Gasteiger charge is -2.35. The zero-order chi connectivity index (χ0) is 19.6. The van der Waals surface area contributed by atoms with Gasteiger partial charge >= 0.3 is 0 Å². The number of benzene rings is 2. The number of nitrogens with zero attached hydrogens (tertiary/aromatic N) is 1. The van der Waals surface area contributed by atoms with Gasteiger partial charge in [-0.25, -0.2) is 8.42 Å². The highest BCUT2D eigenvalue weighted by molar-refractivity contribution is 7.92. The van der Waals surface area contributed by atoms with E-state index in [9.17, 15) is 13.2 Å². The Balaban J connectivity index is 2.01. The van der Waals surface area contributed by atoms with E-state index in [4.69, 9.17) is 4.74 Å². The van der Waals surface area contributed by atoms with E-state index in [1.165, 1.54) is 10.4 Å². The fourth-order valence-corrected chi connectivity index (χ4v) is 4.89. The number of amides is 1. The Morgan fingerprint density at radius 3 is 2.70 bits per heavy atom. The number of methoxy groups -OCH3 is 1. The summed E-state index contributed by atoms with van der Waals surface area (Å²) in [5.41, 5.74) is 2.10. The van der Waals surface area contributed by atoms with Crippen LogP contribution in [-0.4, -0.2) is 28.0 Å². The Morgan fingerprint density at radius 2 is 2.04 bits per heavy atom. The van der Waals surface area contributed by atoms with Gasteiger partial charge < -0.3 is 10.1 Å². The number of sulfonamides is 1.